The molecule has 1 saturated heterocycles. The van der Waals surface area contributed by atoms with Gasteiger partial charge in [0.1, 0.15) is 11.9 Å². The number of rotatable bonds is 0. The maximum atomic E-state index is 10.8. The minimum absolute atomic E-state index is 0.0301. The van der Waals surface area contributed by atoms with Gasteiger partial charge in [-0.1, -0.05) is 6.58 Å². The Morgan fingerprint density at radius 3 is 2.44 bits per heavy atom. The lowest BCUT2D eigenvalue weighted by Crippen LogP contribution is -2.25. The molecule has 1 fully saturated rings. The molecule has 9 heavy (non-hydrogen) atoms. The lowest BCUT2D eigenvalue weighted by molar-refractivity contribution is -0.120. The van der Waals surface area contributed by atoms with Crippen LogP contribution in [0, 0.1) is 0 Å². The molecule has 0 spiro atoms. The quantitative estimate of drug-likeness (QED) is 0.492. The Morgan fingerprint density at radius 2 is 2.33 bits per heavy atom. The molecule has 1 rings (SSSR count). The van der Waals surface area contributed by atoms with E-state index in [1.165, 1.54) is 0 Å². The van der Waals surface area contributed by atoms with Gasteiger partial charge in [-0.2, -0.15) is 0 Å². The maximum Gasteiger partial charge on any atom is 0.247 e. The Bertz CT molecular complexity index is 146. The van der Waals surface area contributed by atoms with Crippen LogP contribution in [0.5, 0.6) is 0 Å². The van der Waals surface area contributed by atoms with Crippen LogP contribution in [-0.4, -0.2) is 23.9 Å². The van der Waals surface area contributed by atoms with Gasteiger partial charge in [0.15, 0.2) is 0 Å². The van der Waals surface area contributed by atoms with Crippen molar-refractivity contribution in [3.63, 3.8) is 0 Å². The van der Waals surface area contributed by atoms with E-state index in [0.717, 1.165) is 0 Å². The molecule has 0 aromatic heterocycles. The Balaban J connectivity index is 2.77. The lowest BCUT2D eigenvalue weighted by Gasteiger charge is -2.13. The molecule has 3 nitrogen and oxygen atoms in total. The first kappa shape index (κ1) is 6.13. The number of carbonyl (C=O) groups is 1. The molecule has 0 bridgehead atoms. The largest absolute Gasteiger partial charge is 0.350 e. The van der Waals surface area contributed by atoms with Crippen LogP contribution < -0.4 is 5.32 Å². The van der Waals surface area contributed by atoms with Crippen LogP contribution >= 0.6 is 0 Å². The fraction of sp³-hybridized carbons (Fsp3) is 0.500. The third-order valence-corrected chi connectivity index (χ3v) is 1.65. The highest BCUT2D eigenvalue weighted by Crippen LogP contribution is 2.09. The summed E-state index contributed by atoms with van der Waals surface area (Å²) in [5.41, 5.74) is 0. The number of amides is 1. The summed E-state index contributed by atoms with van der Waals surface area (Å²) >= 11 is 0. The molecule has 0 saturated carbocycles. The smallest absolute Gasteiger partial charge is 0.247 e. The van der Waals surface area contributed by atoms with Crippen molar-refractivity contribution in [2.24, 2.45) is 0 Å². The number of carbonyl (C=O) groups excluding carboxylic acids is 1. The van der Waals surface area contributed by atoms with Crippen molar-refractivity contribution in [1.82, 2.24) is 10.2 Å². The molecule has 0 radical (unpaired) electrons. The van der Waals surface area contributed by atoms with Crippen molar-refractivity contribution >= 4 is 5.91 Å². The summed E-state index contributed by atoms with van der Waals surface area (Å²) in [5.74, 6) is 0.718. The molecular formula is C6H10N2O. The van der Waals surface area contributed by atoms with Crippen molar-refractivity contribution in [1.29, 1.82) is 0 Å². The second kappa shape index (κ2) is 1.76. The van der Waals surface area contributed by atoms with E-state index in [1.807, 2.05) is 18.9 Å². The Hall–Kier alpha value is -0.990. The molecule has 0 aromatic carbocycles. The Labute approximate surface area is 54.3 Å². The standard InChI is InChI=1S/C6H10N2O/c1-4-6(9)7-5(2)8(4)3/h4H,2H2,1,3H3,(H,7,9)/t4-/m0/s1. The van der Waals surface area contributed by atoms with Gasteiger partial charge in [-0.05, 0) is 6.92 Å². The second-order valence-corrected chi connectivity index (χ2v) is 2.22. The van der Waals surface area contributed by atoms with E-state index >= 15 is 0 Å². The highest BCUT2D eigenvalue weighted by molar-refractivity contribution is 5.85. The first-order valence-corrected chi connectivity index (χ1v) is 2.85. The average molecular weight is 126 g/mol. The summed E-state index contributed by atoms with van der Waals surface area (Å²) in [6.45, 7) is 5.47. The molecule has 0 unspecified atom stereocenters. The Kier molecular flexibility index (Phi) is 1.20. The molecule has 50 valence electrons. The average Bonchev–Trinajstić information content (AvgIpc) is 1.98. The molecule has 1 heterocycles. The van der Waals surface area contributed by atoms with Gasteiger partial charge in [0.2, 0.25) is 5.91 Å². The van der Waals surface area contributed by atoms with E-state index in [9.17, 15) is 4.79 Å². The zero-order valence-electron chi connectivity index (χ0n) is 5.64. The van der Waals surface area contributed by atoms with E-state index in [-0.39, 0.29) is 11.9 Å². The zero-order valence-corrected chi connectivity index (χ0v) is 5.64. The fourth-order valence-corrected chi connectivity index (χ4v) is 0.744. The lowest BCUT2D eigenvalue weighted by atomic mass is 10.3. The molecule has 1 aliphatic heterocycles. The van der Waals surface area contributed by atoms with Crippen molar-refractivity contribution in [2.45, 2.75) is 13.0 Å². The van der Waals surface area contributed by atoms with E-state index < -0.39 is 0 Å². The number of nitrogens with one attached hydrogen (secondary N) is 1. The first-order valence-electron chi connectivity index (χ1n) is 2.85. The molecule has 1 N–H and O–H groups in total. The first-order chi connectivity index (χ1) is 4.13. The maximum absolute atomic E-state index is 10.8. The van der Waals surface area contributed by atoms with Crippen LogP contribution in [0.1, 0.15) is 6.92 Å². The van der Waals surface area contributed by atoms with Crippen LogP contribution in [0.3, 0.4) is 0 Å². The predicted molar refractivity (Wildman–Crippen MR) is 34.5 cm³/mol. The number of likely N-dealkylation sites (N-methyl/N-ethyl adjacent to an activating group) is 1. The van der Waals surface area contributed by atoms with E-state index in [1.54, 1.807) is 0 Å². The van der Waals surface area contributed by atoms with E-state index in [0.29, 0.717) is 5.82 Å². The summed E-state index contributed by atoms with van der Waals surface area (Å²) in [6, 6.07) is -0.0579. The summed E-state index contributed by atoms with van der Waals surface area (Å²) in [6.07, 6.45) is 0. The minimum Gasteiger partial charge on any atom is -0.350 e. The third kappa shape index (κ3) is 0.781. The highest BCUT2D eigenvalue weighted by Gasteiger charge is 2.26. The van der Waals surface area contributed by atoms with Crippen LogP contribution in [0.2, 0.25) is 0 Å². The Morgan fingerprint density at radius 1 is 1.78 bits per heavy atom. The van der Waals surface area contributed by atoms with Gasteiger partial charge in [0, 0.05) is 7.05 Å². The molecule has 1 aliphatic rings. The summed E-state index contributed by atoms with van der Waals surface area (Å²) in [7, 11) is 1.84. The molecule has 1 amide bonds. The van der Waals surface area contributed by atoms with Gasteiger partial charge < -0.3 is 10.2 Å². The van der Waals surface area contributed by atoms with Gasteiger partial charge in [0.05, 0.1) is 0 Å². The fourth-order valence-electron chi connectivity index (χ4n) is 0.744. The molecule has 0 aromatic rings. The minimum atomic E-state index is -0.0579. The summed E-state index contributed by atoms with van der Waals surface area (Å²) in [5, 5.41) is 2.61. The van der Waals surface area contributed by atoms with Gasteiger partial charge in [-0.3, -0.25) is 4.79 Å². The van der Waals surface area contributed by atoms with Crippen LogP contribution in [0.4, 0.5) is 0 Å². The molecule has 0 aliphatic carbocycles. The molecule has 3 heteroatoms. The zero-order chi connectivity index (χ0) is 7.02. The van der Waals surface area contributed by atoms with Crippen LogP contribution in [0.25, 0.3) is 0 Å². The SMILES string of the molecule is C=C1NC(=O)[C@H](C)N1C. The van der Waals surface area contributed by atoms with Crippen LogP contribution in [-0.2, 0) is 4.79 Å². The van der Waals surface area contributed by atoms with Gasteiger partial charge in [-0.15, -0.1) is 0 Å². The van der Waals surface area contributed by atoms with Crippen molar-refractivity contribution in [3.8, 4) is 0 Å². The van der Waals surface area contributed by atoms with Crippen molar-refractivity contribution in [3.05, 3.63) is 12.4 Å². The highest BCUT2D eigenvalue weighted by atomic mass is 16.2. The normalized spacial score (nSPS) is 26.9. The van der Waals surface area contributed by atoms with Crippen LogP contribution in [0.15, 0.2) is 12.4 Å². The monoisotopic (exact) mass is 126 g/mol. The predicted octanol–water partition coefficient (Wildman–Crippen LogP) is -0.0923. The second-order valence-electron chi connectivity index (χ2n) is 2.22. The van der Waals surface area contributed by atoms with E-state index in [4.69, 9.17) is 0 Å². The topological polar surface area (TPSA) is 32.3 Å². The van der Waals surface area contributed by atoms with Crippen molar-refractivity contribution < 1.29 is 4.79 Å². The van der Waals surface area contributed by atoms with Gasteiger partial charge in [-0.25, -0.2) is 0 Å². The summed E-state index contributed by atoms with van der Waals surface area (Å²) in [4.78, 5) is 12.6. The van der Waals surface area contributed by atoms with E-state index in [2.05, 4.69) is 11.9 Å². The third-order valence-electron chi connectivity index (χ3n) is 1.65. The van der Waals surface area contributed by atoms with Gasteiger partial charge >= 0.3 is 0 Å². The molecule has 1 atom stereocenters. The summed E-state index contributed by atoms with van der Waals surface area (Å²) < 4.78 is 0. The number of hydrogen-bond donors (Lipinski definition) is 1. The van der Waals surface area contributed by atoms with Gasteiger partial charge in [0.25, 0.3) is 0 Å². The number of hydrogen-bond acceptors (Lipinski definition) is 2. The molecular weight excluding hydrogens is 116 g/mol. The van der Waals surface area contributed by atoms with Crippen molar-refractivity contribution in [2.75, 3.05) is 7.05 Å². The number of nitrogens with zero attached hydrogens (tertiary/aromatic N) is 1.